The molecular formula is C28H33N7O2. The maximum Gasteiger partial charge on any atom is 0.188 e. The lowest BCUT2D eigenvalue weighted by molar-refractivity contribution is 0.0515. The van der Waals surface area contributed by atoms with Crippen molar-refractivity contribution in [3.8, 4) is 28.1 Å². The molecule has 9 heteroatoms. The first-order valence-corrected chi connectivity index (χ1v) is 12.5. The fourth-order valence-electron chi connectivity index (χ4n) is 4.56. The first-order valence-electron chi connectivity index (χ1n) is 12.5. The van der Waals surface area contributed by atoms with Gasteiger partial charge in [-0.1, -0.05) is 36.4 Å². The van der Waals surface area contributed by atoms with E-state index in [2.05, 4.69) is 56.7 Å². The molecule has 0 saturated carbocycles. The molecule has 1 unspecified atom stereocenters. The van der Waals surface area contributed by atoms with Crippen molar-refractivity contribution >= 4 is 5.82 Å². The minimum atomic E-state index is 0.0700. The van der Waals surface area contributed by atoms with E-state index in [9.17, 15) is 0 Å². The van der Waals surface area contributed by atoms with Gasteiger partial charge in [0, 0.05) is 62.7 Å². The maximum atomic E-state index is 6.24. The Morgan fingerprint density at radius 2 is 1.81 bits per heavy atom. The van der Waals surface area contributed by atoms with Crippen LogP contribution in [0.4, 0.5) is 5.82 Å². The molecule has 4 aromatic rings. The molecular weight excluding hydrogens is 466 g/mol. The van der Waals surface area contributed by atoms with Crippen LogP contribution in [0.5, 0.6) is 5.75 Å². The number of benzene rings is 2. The molecule has 0 bridgehead atoms. The molecule has 9 nitrogen and oxygen atoms in total. The Morgan fingerprint density at radius 3 is 2.59 bits per heavy atom. The number of nitrogens with one attached hydrogen (secondary N) is 1. The Labute approximate surface area is 217 Å². The fourth-order valence-corrected chi connectivity index (χ4v) is 4.56. The SMILES string of the molecule is COCOc1ccccc1-c1cc(-c2cnn(C(C)c3ccc(CN4CCNCC4)cc3)c2)c(N)nn1. The summed E-state index contributed by atoms with van der Waals surface area (Å²) in [6, 6.07) is 18.5. The summed E-state index contributed by atoms with van der Waals surface area (Å²) in [5, 5.41) is 16.6. The summed E-state index contributed by atoms with van der Waals surface area (Å²) in [7, 11) is 1.59. The predicted molar refractivity (Wildman–Crippen MR) is 144 cm³/mol. The first kappa shape index (κ1) is 24.9. The number of piperazine rings is 1. The summed E-state index contributed by atoms with van der Waals surface area (Å²) in [6.45, 7) is 7.58. The van der Waals surface area contributed by atoms with Gasteiger partial charge in [0.15, 0.2) is 12.6 Å². The highest BCUT2D eigenvalue weighted by molar-refractivity contribution is 5.78. The molecule has 0 spiro atoms. The van der Waals surface area contributed by atoms with E-state index in [0.717, 1.165) is 49.4 Å². The lowest BCUT2D eigenvalue weighted by atomic mass is 10.0. The molecule has 1 fully saturated rings. The number of hydrogen-bond donors (Lipinski definition) is 2. The van der Waals surface area contributed by atoms with E-state index in [0.29, 0.717) is 17.3 Å². The molecule has 3 N–H and O–H groups in total. The van der Waals surface area contributed by atoms with Gasteiger partial charge in [0.25, 0.3) is 0 Å². The van der Waals surface area contributed by atoms with E-state index in [1.54, 1.807) is 7.11 Å². The van der Waals surface area contributed by atoms with E-state index in [1.807, 2.05) is 47.4 Å². The van der Waals surface area contributed by atoms with Crippen molar-refractivity contribution in [1.82, 2.24) is 30.2 Å². The van der Waals surface area contributed by atoms with Crippen molar-refractivity contribution < 1.29 is 9.47 Å². The monoisotopic (exact) mass is 499 g/mol. The summed E-state index contributed by atoms with van der Waals surface area (Å²) in [5.74, 6) is 1.02. The van der Waals surface area contributed by atoms with E-state index in [1.165, 1.54) is 11.1 Å². The molecule has 1 aliphatic rings. The summed E-state index contributed by atoms with van der Waals surface area (Å²) < 4.78 is 12.7. The number of para-hydroxylation sites is 1. The number of nitrogen functional groups attached to an aromatic ring is 1. The van der Waals surface area contributed by atoms with Crippen LogP contribution in [0.1, 0.15) is 24.1 Å². The molecule has 37 heavy (non-hydrogen) atoms. The summed E-state index contributed by atoms with van der Waals surface area (Å²) in [5.41, 5.74) is 11.9. The highest BCUT2D eigenvalue weighted by Crippen LogP contribution is 2.33. The van der Waals surface area contributed by atoms with E-state index >= 15 is 0 Å². The van der Waals surface area contributed by atoms with Gasteiger partial charge in [-0.3, -0.25) is 9.58 Å². The van der Waals surface area contributed by atoms with Gasteiger partial charge >= 0.3 is 0 Å². The third kappa shape index (κ3) is 5.80. The Morgan fingerprint density at radius 1 is 1.03 bits per heavy atom. The van der Waals surface area contributed by atoms with Crippen LogP contribution in [0, 0.1) is 0 Å². The Hall–Kier alpha value is -3.79. The summed E-state index contributed by atoms with van der Waals surface area (Å²) in [6.07, 6.45) is 3.82. The van der Waals surface area contributed by atoms with Crippen LogP contribution in [0.2, 0.25) is 0 Å². The molecule has 1 saturated heterocycles. The zero-order chi connectivity index (χ0) is 25.6. The lowest BCUT2D eigenvalue weighted by Gasteiger charge is -2.27. The zero-order valence-corrected chi connectivity index (χ0v) is 21.3. The molecule has 1 atom stereocenters. The number of nitrogens with two attached hydrogens (primary N) is 1. The van der Waals surface area contributed by atoms with Gasteiger partial charge in [-0.25, -0.2) is 0 Å². The van der Waals surface area contributed by atoms with Gasteiger partial charge in [0.05, 0.1) is 17.9 Å². The molecule has 192 valence electrons. The lowest BCUT2D eigenvalue weighted by Crippen LogP contribution is -2.42. The molecule has 2 aromatic carbocycles. The van der Waals surface area contributed by atoms with Crippen molar-refractivity contribution in [3.05, 3.63) is 78.1 Å². The summed E-state index contributed by atoms with van der Waals surface area (Å²) >= 11 is 0. The maximum absolute atomic E-state index is 6.24. The quantitative estimate of drug-likeness (QED) is 0.337. The minimum absolute atomic E-state index is 0.0700. The van der Waals surface area contributed by atoms with Crippen LogP contribution in [0.25, 0.3) is 22.4 Å². The number of aromatic nitrogens is 4. The van der Waals surface area contributed by atoms with Crippen LogP contribution < -0.4 is 15.8 Å². The van der Waals surface area contributed by atoms with Crippen LogP contribution in [-0.4, -0.2) is 65.0 Å². The molecule has 1 aliphatic heterocycles. The van der Waals surface area contributed by atoms with Crippen LogP contribution >= 0.6 is 0 Å². The van der Waals surface area contributed by atoms with Gasteiger partial charge in [-0.2, -0.15) is 5.10 Å². The third-order valence-corrected chi connectivity index (χ3v) is 6.71. The summed E-state index contributed by atoms with van der Waals surface area (Å²) in [4.78, 5) is 2.48. The third-order valence-electron chi connectivity index (χ3n) is 6.71. The van der Waals surface area contributed by atoms with Crippen molar-refractivity contribution in [1.29, 1.82) is 0 Å². The van der Waals surface area contributed by atoms with E-state index in [4.69, 9.17) is 15.2 Å². The van der Waals surface area contributed by atoms with Crippen molar-refractivity contribution in [2.24, 2.45) is 0 Å². The number of hydrogen-bond acceptors (Lipinski definition) is 8. The number of rotatable bonds is 9. The average molecular weight is 500 g/mol. The highest BCUT2D eigenvalue weighted by Gasteiger charge is 2.16. The van der Waals surface area contributed by atoms with Gasteiger partial charge in [0.1, 0.15) is 5.75 Å². The van der Waals surface area contributed by atoms with Crippen molar-refractivity contribution in [2.75, 3.05) is 45.8 Å². The number of anilines is 1. The largest absolute Gasteiger partial charge is 0.467 e. The number of ether oxygens (including phenoxy) is 2. The Kier molecular flexibility index (Phi) is 7.74. The Balaban J connectivity index is 1.34. The smallest absolute Gasteiger partial charge is 0.188 e. The molecule has 3 heterocycles. The zero-order valence-electron chi connectivity index (χ0n) is 21.3. The molecule has 0 amide bonds. The number of nitrogens with zero attached hydrogens (tertiary/aromatic N) is 5. The first-order chi connectivity index (χ1) is 18.1. The van der Waals surface area contributed by atoms with Gasteiger partial charge in [0.2, 0.25) is 0 Å². The number of methoxy groups -OCH3 is 1. The van der Waals surface area contributed by atoms with Crippen LogP contribution in [0.3, 0.4) is 0 Å². The average Bonchev–Trinajstić information content (AvgIpc) is 3.43. The fraction of sp³-hybridized carbons (Fsp3) is 0.321. The second-order valence-corrected chi connectivity index (χ2v) is 9.23. The molecule has 0 aliphatic carbocycles. The van der Waals surface area contributed by atoms with E-state index in [-0.39, 0.29) is 12.8 Å². The molecule has 0 radical (unpaired) electrons. The topological polar surface area (TPSA) is 103 Å². The molecule has 2 aromatic heterocycles. The van der Waals surface area contributed by atoms with Crippen LogP contribution in [0.15, 0.2) is 67.0 Å². The standard InChI is InChI=1S/C28H33N7O2/c1-20(22-9-7-21(8-10-22)17-34-13-11-30-12-14-34)35-18-23(16-31-35)25-15-26(32-33-28(25)29)24-5-3-4-6-27(24)37-19-36-2/h3-10,15-16,18,20,30H,11-14,17,19H2,1-2H3,(H2,29,33). The normalized spacial score (nSPS) is 15.0. The second-order valence-electron chi connectivity index (χ2n) is 9.23. The van der Waals surface area contributed by atoms with Crippen LogP contribution in [-0.2, 0) is 11.3 Å². The Bertz CT molecular complexity index is 1320. The predicted octanol–water partition coefficient (Wildman–Crippen LogP) is 3.59. The van der Waals surface area contributed by atoms with Crippen molar-refractivity contribution in [3.63, 3.8) is 0 Å². The van der Waals surface area contributed by atoms with Gasteiger partial charge in [-0.05, 0) is 36.2 Å². The second kappa shape index (κ2) is 11.5. The van der Waals surface area contributed by atoms with Gasteiger partial charge in [-0.15, -0.1) is 10.2 Å². The minimum Gasteiger partial charge on any atom is -0.467 e. The highest BCUT2D eigenvalue weighted by atomic mass is 16.7. The van der Waals surface area contributed by atoms with Crippen molar-refractivity contribution in [2.45, 2.75) is 19.5 Å². The molecule has 5 rings (SSSR count). The van der Waals surface area contributed by atoms with Gasteiger partial charge < -0.3 is 20.5 Å². The van der Waals surface area contributed by atoms with E-state index < -0.39 is 0 Å².